The van der Waals surface area contributed by atoms with E-state index in [0.29, 0.717) is 11.3 Å². The molecule has 1 rings (SSSR count). The number of nitrogens with two attached hydrogens (primary N) is 1. The molecule has 2 unspecified atom stereocenters. The summed E-state index contributed by atoms with van der Waals surface area (Å²) >= 11 is 0. The summed E-state index contributed by atoms with van der Waals surface area (Å²) < 4.78 is 5.43. The van der Waals surface area contributed by atoms with Crippen molar-refractivity contribution < 1.29 is 9.53 Å². The average Bonchev–Trinajstić information content (AvgIpc) is 2.75. The van der Waals surface area contributed by atoms with Gasteiger partial charge in [-0.25, -0.2) is 4.79 Å². The number of carbonyl (C=O) groups excluding carboxylic acids is 1. The van der Waals surface area contributed by atoms with Gasteiger partial charge in [0, 0.05) is 19.1 Å². The zero-order valence-electron chi connectivity index (χ0n) is 14.5. The fraction of sp³-hybridized carbons (Fsp3) is 0.938. The highest BCUT2D eigenvalue weighted by molar-refractivity contribution is 5.68. The molecule has 1 heterocycles. The second-order valence-electron chi connectivity index (χ2n) is 8.35. The minimum Gasteiger partial charge on any atom is -0.444 e. The Kier molecular flexibility index (Phi) is 6.05. The minimum absolute atomic E-state index is 0.211. The number of nitrogens with one attached hydrogen (secondary N) is 1. The van der Waals surface area contributed by atoms with Gasteiger partial charge in [-0.05, 0) is 51.4 Å². The van der Waals surface area contributed by atoms with Crippen molar-refractivity contribution in [2.75, 3.05) is 13.1 Å². The van der Waals surface area contributed by atoms with E-state index in [4.69, 9.17) is 10.6 Å². The van der Waals surface area contributed by atoms with Crippen molar-refractivity contribution in [2.24, 2.45) is 17.2 Å². The van der Waals surface area contributed by atoms with E-state index in [1.54, 1.807) is 4.90 Å². The number of ether oxygens (including phenoxy) is 1. The van der Waals surface area contributed by atoms with Gasteiger partial charge in [-0.2, -0.15) is 0 Å². The van der Waals surface area contributed by atoms with Crippen molar-refractivity contribution in [3.63, 3.8) is 0 Å². The van der Waals surface area contributed by atoms with Crippen molar-refractivity contribution in [3.8, 4) is 0 Å². The molecule has 0 spiro atoms. The van der Waals surface area contributed by atoms with Crippen LogP contribution in [0.1, 0.15) is 60.8 Å². The molecule has 0 aromatic rings. The minimum atomic E-state index is -0.438. The lowest BCUT2D eigenvalue weighted by Gasteiger charge is -2.27. The van der Waals surface area contributed by atoms with Crippen LogP contribution >= 0.6 is 0 Å². The van der Waals surface area contributed by atoms with Gasteiger partial charge >= 0.3 is 6.09 Å². The molecule has 1 saturated heterocycles. The zero-order valence-corrected chi connectivity index (χ0v) is 14.5. The first-order chi connectivity index (χ1) is 9.52. The van der Waals surface area contributed by atoms with E-state index >= 15 is 0 Å². The second-order valence-corrected chi connectivity index (χ2v) is 8.35. The van der Waals surface area contributed by atoms with Crippen LogP contribution in [0, 0.1) is 11.3 Å². The van der Waals surface area contributed by atoms with E-state index in [9.17, 15) is 4.79 Å². The first kappa shape index (κ1) is 18.2. The van der Waals surface area contributed by atoms with Crippen molar-refractivity contribution in [2.45, 2.75) is 72.4 Å². The SMILES string of the molecule is CC(C)(C)CCC(NN)C1CCN(C(=O)OC(C)(C)C)C1. The molecule has 0 aliphatic carbocycles. The number of hydrazine groups is 1. The number of hydrogen-bond acceptors (Lipinski definition) is 4. The predicted octanol–water partition coefficient (Wildman–Crippen LogP) is 2.90. The van der Waals surface area contributed by atoms with Crippen LogP contribution in [0.3, 0.4) is 0 Å². The average molecular weight is 299 g/mol. The molecule has 5 heteroatoms. The van der Waals surface area contributed by atoms with Gasteiger partial charge in [-0.15, -0.1) is 0 Å². The van der Waals surface area contributed by atoms with Gasteiger partial charge in [0.05, 0.1) is 0 Å². The molecule has 1 aliphatic rings. The molecule has 21 heavy (non-hydrogen) atoms. The molecule has 0 bridgehead atoms. The largest absolute Gasteiger partial charge is 0.444 e. The van der Waals surface area contributed by atoms with Crippen LogP contribution < -0.4 is 11.3 Å². The molecular formula is C16H33N3O2. The highest BCUT2D eigenvalue weighted by Crippen LogP contribution is 2.28. The lowest BCUT2D eigenvalue weighted by atomic mass is 9.85. The van der Waals surface area contributed by atoms with Gasteiger partial charge in [0.1, 0.15) is 5.60 Å². The Labute approximate surface area is 129 Å². The number of likely N-dealkylation sites (tertiary alicyclic amines) is 1. The van der Waals surface area contributed by atoms with Gasteiger partial charge in [0.25, 0.3) is 0 Å². The lowest BCUT2D eigenvalue weighted by Crippen LogP contribution is -2.43. The van der Waals surface area contributed by atoms with Gasteiger partial charge in [0.15, 0.2) is 0 Å². The quantitative estimate of drug-likeness (QED) is 0.619. The summed E-state index contributed by atoms with van der Waals surface area (Å²) in [5.74, 6) is 6.13. The van der Waals surface area contributed by atoms with Crippen LogP contribution in [0.5, 0.6) is 0 Å². The molecule has 1 fully saturated rings. The van der Waals surface area contributed by atoms with Crippen LogP contribution in [-0.2, 0) is 4.74 Å². The Hall–Kier alpha value is -0.810. The number of hydrogen-bond donors (Lipinski definition) is 2. The summed E-state index contributed by atoms with van der Waals surface area (Å²) in [4.78, 5) is 13.9. The molecule has 2 atom stereocenters. The van der Waals surface area contributed by atoms with Gasteiger partial charge < -0.3 is 9.64 Å². The van der Waals surface area contributed by atoms with Crippen LogP contribution in [-0.4, -0.2) is 35.7 Å². The number of rotatable bonds is 4. The second kappa shape index (κ2) is 6.97. The highest BCUT2D eigenvalue weighted by atomic mass is 16.6. The molecule has 1 amide bonds. The molecule has 5 nitrogen and oxygen atoms in total. The summed E-state index contributed by atoms with van der Waals surface area (Å²) in [6.45, 7) is 13.9. The molecule has 0 aromatic carbocycles. The van der Waals surface area contributed by atoms with E-state index in [0.717, 1.165) is 32.4 Å². The monoisotopic (exact) mass is 299 g/mol. The molecule has 3 N–H and O–H groups in total. The van der Waals surface area contributed by atoms with Crippen LogP contribution in [0.25, 0.3) is 0 Å². The van der Waals surface area contributed by atoms with E-state index in [1.165, 1.54) is 0 Å². The molecule has 0 aromatic heterocycles. The summed E-state index contributed by atoms with van der Waals surface area (Å²) in [6, 6.07) is 0.261. The molecule has 124 valence electrons. The Balaban J connectivity index is 2.49. The molecular weight excluding hydrogens is 266 g/mol. The van der Waals surface area contributed by atoms with Crippen molar-refractivity contribution in [1.82, 2.24) is 10.3 Å². The van der Waals surface area contributed by atoms with Gasteiger partial charge in [0.2, 0.25) is 0 Å². The molecule has 0 radical (unpaired) electrons. The van der Waals surface area contributed by atoms with Gasteiger partial charge in [-0.1, -0.05) is 20.8 Å². The standard InChI is InChI=1S/C16H33N3O2/c1-15(2,3)9-7-13(18-17)12-8-10-19(11-12)14(20)21-16(4,5)6/h12-13,18H,7-11,17H2,1-6H3. The molecule has 1 aliphatic heterocycles. The number of amides is 1. The fourth-order valence-electron chi connectivity index (χ4n) is 2.65. The third kappa shape index (κ3) is 6.66. The first-order valence-corrected chi connectivity index (χ1v) is 7.96. The normalized spacial score (nSPS) is 21.5. The maximum Gasteiger partial charge on any atom is 0.410 e. The Morgan fingerprint density at radius 3 is 2.43 bits per heavy atom. The van der Waals surface area contributed by atoms with Gasteiger partial charge in [-0.3, -0.25) is 11.3 Å². The Bertz CT molecular complexity index is 344. The number of nitrogens with zero attached hydrogens (tertiary/aromatic N) is 1. The van der Waals surface area contributed by atoms with Crippen molar-refractivity contribution in [1.29, 1.82) is 0 Å². The maximum atomic E-state index is 12.1. The molecule has 0 saturated carbocycles. The first-order valence-electron chi connectivity index (χ1n) is 7.96. The Morgan fingerprint density at radius 2 is 1.95 bits per heavy atom. The topological polar surface area (TPSA) is 67.6 Å². The van der Waals surface area contributed by atoms with Crippen LogP contribution in [0.4, 0.5) is 4.79 Å². The summed E-state index contributed by atoms with van der Waals surface area (Å²) in [7, 11) is 0. The third-order valence-corrected chi connectivity index (χ3v) is 3.86. The zero-order chi connectivity index (χ0) is 16.3. The highest BCUT2D eigenvalue weighted by Gasteiger charge is 2.33. The fourth-order valence-corrected chi connectivity index (χ4v) is 2.65. The smallest absolute Gasteiger partial charge is 0.410 e. The van der Waals surface area contributed by atoms with Crippen molar-refractivity contribution >= 4 is 6.09 Å². The van der Waals surface area contributed by atoms with E-state index < -0.39 is 5.60 Å². The van der Waals surface area contributed by atoms with Crippen molar-refractivity contribution in [3.05, 3.63) is 0 Å². The third-order valence-electron chi connectivity index (χ3n) is 3.86. The summed E-state index contributed by atoms with van der Waals surface area (Å²) in [5.41, 5.74) is 2.81. The maximum absolute atomic E-state index is 12.1. The van der Waals surface area contributed by atoms with E-state index in [1.807, 2.05) is 20.8 Å². The summed E-state index contributed by atoms with van der Waals surface area (Å²) in [5, 5.41) is 0. The van der Waals surface area contributed by atoms with E-state index in [2.05, 4.69) is 26.2 Å². The lowest BCUT2D eigenvalue weighted by molar-refractivity contribution is 0.0284. The predicted molar refractivity (Wildman–Crippen MR) is 85.7 cm³/mol. The van der Waals surface area contributed by atoms with Crippen LogP contribution in [0.15, 0.2) is 0 Å². The Morgan fingerprint density at radius 1 is 1.33 bits per heavy atom. The van der Waals surface area contributed by atoms with E-state index in [-0.39, 0.29) is 12.1 Å². The summed E-state index contributed by atoms with van der Waals surface area (Å²) in [6.07, 6.45) is 2.92. The van der Waals surface area contributed by atoms with Crippen LogP contribution in [0.2, 0.25) is 0 Å². The number of carbonyl (C=O) groups is 1.